The maximum Gasteiger partial charge on any atom is 0.262 e. The van der Waals surface area contributed by atoms with E-state index in [0.29, 0.717) is 22.7 Å². The molecule has 24 heavy (non-hydrogen) atoms. The number of hydrogen-bond acceptors (Lipinski definition) is 5. The molecule has 0 aliphatic rings. The molecule has 0 aliphatic carbocycles. The lowest BCUT2D eigenvalue weighted by Crippen LogP contribution is -2.24. The first-order valence-electron chi connectivity index (χ1n) is 6.88. The zero-order valence-electron chi connectivity index (χ0n) is 13.0. The fourth-order valence-corrected chi connectivity index (χ4v) is 5.02. The van der Waals surface area contributed by atoms with Gasteiger partial charge in [-0.2, -0.15) is 0 Å². The number of anilines is 1. The highest BCUT2D eigenvalue weighted by Gasteiger charge is 2.20. The van der Waals surface area contributed by atoms with E-state index in [9.17, 15) is 16.8 Å². The molecule has 0 atom stereocenters. The summed E-state index contributed by atoms with van der Waals surface area (Å²) < 4.78 is 52.3. The third kappa shape index (κ3) is 4.93. The lowest BCUT2D eigenvalue weighted by molar-refractivity contribution is 0.587. The van der Waals surface area contributed by atoms with Crippen LogP contribution >= 0.6 is 22.9 Å². The van der Waals surface area contributed by atoms with E-state index in [1.165, 1.54) is 17.4 Å². The predicted octanol–water partition coefficient (Wildman–Crippen LogP) is 2.60. The van der Waals surface area contributed by atoms with E-state index in [-0.39, 0.29) is 11.4 Å². The van der Waals surface area contributed by atoms with Crippen molar-refractivity contribution in [3.63, 3.8) is 0 Å². The summed E-state index contributed by atoms with van der Waals surface area (Å²) >= 11 is 7.33. The van der Waals surface area contributed by atoms with Crippen LogP contribution in [-0.4, -0.2) is 29.6 Å². The van der Waals surface area contributed by atoms with Gasteiger partial charge in [0.2, 0.25) is 10.0 Å². The summed E-state index contributed by atoms with van der Waals surface area (Å²) in [7, 11) is -7.06. The summed E-state index contributed by atoms with van der Waals surface area (Å²) in [6, 6.07) is 4.69. The molecule has 0 aliphatic heterocycles. The summed E-state index contributed by atoms with van der Waals surface area (Å²) in [5, 5.41) is 3.83. The van der Waals surface area contributed by atoms with Crippen molar-refractivity contribution in [2.24, 2.45) is 0 Å². The van der Waals surface area contributed by atoms with Crippen molar-refractivity contribution in [3.05, 3.63) is 45.1 Å². The Morgan fingerprint density at radius 1 is 1.17 bits per heavy atom. The largest absolute Gasteiger partial charge is 0.278 e. The molecule has 2 N–H and O–H groups in total. The predicted molar refractivity (Wildman–Crippen MR) is 97.9 cm³/mol. The first-order valence-corrected chi connectivity index (χ1v) is 11.6. The minimum Gasteiger partial charge on any atom is -0.278 e. The molecule has 1 heterocycles. The second-order valence-electron chi connectivity index (χ2n) is 5.20. The van der Waals surface area contributed by atoms with Crippen LogP contribution in [0.5, 0.6) is 0 Å². The molecule has 0 spiro atoms. The van der Waals surface area contributed by atoms with Crippen LogP contribution in [0.4, 0.5) is 5.69 Å². The summed E-state index contributed by atoms with van der Waals surface area (Å²) in [6.45, 7) is 1.84. The maximum absolute atomic E-state index is 12.6. The molecule has 1 aromatic carbocycles. The first-order chi connectivity index (χ1) is 11.1. The number of nitrogens with one attached hydrogen (secondary N) is 2. The van der Waals surface area contributed by atoms with Gasteiger partial charge in [0, 0.05) is 16.9 Å². The lowest BCUT2D eigenvalue weighted by Gasteiger charge is -2.12. The Hall–Kier alpha value is -1.13. The van der Waals surface area contributed by atoms with Gasteiger partial charge in [-0.05, 0) is 42.0 Å². The highest BCUT2D eigenvalue weighted by Crippen LogP contribution is 2.28. The first kappa shape index (κ1) is 19.2. The average molecular weight is 409 g/mol. The monoisotopic (exact) mass is 408 g/mol. The minimum absolute atomic E-state index is 0.112. The molecule has 0 amide bonds. The van der Waals surface area contributed by atoms with E-state index in [1.54, 1.807) is 29.8 Å². The number of halogens is 1. The van der Waals surface area contributed by atoms with Gasteiger partial charge in [0.1, 0.15) is 0 Å². The molecule has 0 unspecified atom stereocenters. The molecular formula is C14H17ClN2O4S3. The Bertz CT molecular complexity index is 937. The second-order valence-corrected chi connectivity index (χ2v) is 9.83. The topological polar surface area (TPSA) is 92.3 Å². The molecular weight excluding hydrogens is 392 g/mol. The smallest absolute Gasteiger partial charge is 0.262 e. The van der Waals surface area contributed by atoms with E-state index in [1.807, 2.05) is 0 Å². The standard InChI is InChI=1S/C14H17ClN2O4S3/c1-10-12(15)4-3-5-14(10)24(20,21)17-13-9-22-8-11(13)6-7-16-23(2,18)19/h3-5,8-9,16-17H,6-7H2,1-2H3. The molecule has 1 aromatic heterocycles. The van der Waals surface area contributed by atoms with Crippen LogP contribution in [0.15, 0.2) is 33.9 Å². The molecule has 2 rings (SSSR count). The van der Waals surface area contributed by atoms with Gasteiger partial charge in [-0.15, -0.1) is 11.3 Å². The van der Waals surface area contributed by atoms with Crippen molar-refractivity contribution in [2.45, 2.75) is 18.2 Å². The Balaban J connectivity index is 2.19. The van der Waals surface area contributed by atoms with E-state index in [0.717, 1.165) is 11.8 Å². The van der Waals surface area contributed by atoms with E-state index in [2.05, 4.69) is 9.44 Å². The van der Waals surface area contributed by atoms with Gasteiger partial charge < -0.3 is 0 Å². The average Bonchev–Trinajstić information content (AvgIpc) is 2.87. The van der Waals surface area contributed by atoms with Crippen LogP contribution in [0.2, 0.25) is 5.02 Å². The number of sulfonamides is 2. The zero-order chi connectivity index (χ0) is 18.0. The molecule has 0 saturated heterocycles. The second kappa shape index (κ2) is 7.40. The fourth-order valence-electron chi connectivity index (χ4n) is 2.06. The summed E-state index contributed by atoms with van der Waals surface area (Å²) in [4.78, 5) is 0.112. The van der Waals surface area contributed by atoms with Crippen LogP contribution in [0, 0.1) is 6.92 Å². The van der Waals surface area contributed by atoms with Gasteiger partial charge in [-0.1, -0.05) is 17.7 Å². The maximum atomic E-state index is 12.6. The third-order valence-electron chi connectivity index (χ3n) is 3.25. The Morgan fingerprint density at radius 2 is 1.88 bits per heavy atom. The summed E-state index contributed by atoms with van der Waals surface area (Å²) in [5.41, 5.74) is 1.64. The van der Waals surface area contributed by atoms with Crippen molar-refractivity contribution >= 4 is 48.7 Å². The Labute approximate surface area is 151 Å². The highest BCUT2D eigenvalue weighted by atomic mass is 35.5. The number of benzene rings is 1. The van der Waals surface area contributed by atoms with Crippen LogP contribution in [-0.2, 0) is 26.5 Å². The molecule has 0 bridgehead atoms. The van der Waals surface area contributed by atoms with E-state index in [4.69, 9.17) is 11.6 Å². The Kier molecular flexibility index (Phi) is 5.92. The number of thiophene rings is 1. The fraction of sp³-hybridized carbons (Fsp3) is 0.286. The highest BCUT2D eigenvalue weighted by molar-refractivity contribution is 7.92. The quantitative estimate of drug-likeness (QED) is 0.736. The van der Waals surface area contributed by atoms with E-state index < -0.39 is 20.0 Å². The summed E-state index contributed by atoms with van der Waals surface area (Å²) in [5.74, 6) is 0. The number of rotatable bonds is 7. The third-order valence-corrected chi connectivity index (χ3v) is 6.69. The SMILES string of the molecule is Cc1c(Cl)cccc1S(=O)(=O)Nc1cscc1CCNS(C)(=O)=O. The van der Waals surface area contributed by atoms with Gasteiger partial charge in [-0.3, -0.25) is 4.72 Å². The van der Waals surface area contributed by atoms with Crippen LogP contribution in [0.3, 0.4) is 0 Å². The molecule has 2 aromatic rings. The zero-order valence-corrected chi connectivity index (χ0v) is 16.2. The van der Waals surface area contributed by atoms with Crippen molar-refractivity contribution in [1.29, 1.82) is 0 Å². The number of hydrogen-bond donors (Lipinski definition) is 2. The van der Waals surface area contributed by atoms with Gasteiger partial charge in [0.05, 0.1) is 16.8 Å². The minimum atomic E-state index is -3.78. The lowest BCUT2D eigenvalue weighted by atomic mass is 10.2. The Morgan fingerprint density at radius 3 is 2.54 bits per heavy atom. The van der Waals surface area contributed by atoms with Gasteiger partial charge in [0.15, 0.2) is 0 Å². The molecule has 132 valence electrons. The molecule has 0 fully saturated rings. The van der Waals surface area contributed by atoms with Gasteiger partial charge in [0.25, 0.3) is 10.0 Å². The molecule has 6 nitrogen and oxygen atoms in total. The van der Waals surface area contributed by atoms with Gasteiger partial charge in [-0.25, -0.2) is 21.6 Å². The van der Waals surface area contributed by atoms with Crippen LogP contribution in [0.1, 0.15) is 11.1 Å². The van der Waals surface area contributed by atoms with Crippen molar-refractivity contribution in [3.8, 4) is 0 Å². The van der Waals surface area contributed by atoms with Crippen LogP contribution in [0.25, 0.3) is 0 Å². The molecule has 10 heteroatoms. The van der Waals surface area contributed by atoms with Crippen molar-refractivity contribution < 1.29 is 16.8 Å². The summed E-state index contributed by atoms with van der Waals surface area (Å²) in [6.07, 6.45) is 1.45. The van der Waals surface area contributed by atoms with E-state index >= 15 is 0 Å². The van der Waals surface area contributed by atoms with Gasteiger partial charge >= 0.3 is 0 Å². The molecule has 0 radical (unpaired) electrons. The van der Waals surface area contributed by atoms with Crippen molar-refractivity contribution in [2.75, 3.05) is 17.5 Å². The normalized spacial score (nSPS) is 12.3. The van der Waals surface area contributed by atoms with Crippen LogP contribution < -0.4 is 9.44 Å². The molecule has 0 saturated carbocycles. The van der Waals surface area contributed by atoms with Crippen molar-refractivity contribution in [1.82, 2.24) is 4.72 Å².